The molecule has 1 aromatic carbocycles. The number of carbonyl (C=O) groups is 2. The fourth-order valence-corrected chi connectivity index (χ4v) is 4.08. The van der Waals surface area contributed by atoms with Gasteiger partial charge in [-0.1, -0.05) is 12.1 Å². The summed E-state index contributed by atoms with van der Waals surface area (Å²) in [5, 5.41) is 0. The molecule has 1 aliphatic heterocycles. The molecule has 0 aliphatic carbocycles. The van der Waals surface area contributed by atoms with E-state index in [2.05, 4.69) is 4.98 Å². The van der Waals surface area contributed by atoms with Crippen LogP contribution in [0.1, 0.15) is 20.9 Å². The number of fused-ring (bicyclic) bond motifs is 2. The molecule has 4 rings (SSSR count). The van der Waals surface area contributed by atoms with Crippen LogP contribution >= 0.6 is 11.3 Å². The molecule has 9 heteroatoms. The predicted molar refractivity (Wildman–Crippen MR) is 103 cm³/mol. The Morgan fingerprint density at radius 3 is 2.79 bits per heavy atom. The second-order valence-corrected chi connectivity index (χ2v) is 7.53. The predicted octanol–water partition coefficient (Wildman–Crippen LogP) is 1.95. The first-order valence-corrected chi connectivity index (χ1v) is 9.37. The first-order chi connectivity index (χ1) is 13.4. The van der Waals surface area contributed by atoms with E-state index in [1.54, 1.807) is 24.3 Å². The Bertz CT molecular complexity index is 1170. The molecule has 3 heterocycles. The minimum atomic E-state index is -0.978. The van der Waals surface area contributed by atoms with E-state index in [-0.39, 0.29) is 12.1 Å². The number of esters is 1. The van der Waals surface area contributed by atoms with Gasteiger partial charge in [-0.05, 0) is 26.0 Å². The SMILES string of the molecule is COC(=O)[C@H]1CN(C(=O)c2cnc3sc(C)c(C)n3c2=O)c2ccccc2O1. The summed E-state index contributed by atoms with van der Waals surface area (Å²) in [5.41, 5.74) is 0.728. The lowest BCUT2D eigenvalue weighted by Gasteiger charge is -2.33. The number of thiazole rings is 1. The van der Waals surface area contributed by atoms with Crippen LogP contribution in [0.5, 0.6) is 5.75 Å². The number of methoxy groups -OCH3 is 1. The second-order valence-electron chi connectivity index (χ2n) is 6.35. The lowest BCUT2D eigenvalue weighted by atomic mass is 10.1. The molecule has 2 aromatic heterocycles. The third-order valence-electron chi connectivity index (χ3n) is 4.73. The number of para-hydroxylation sites is 2. The minimum absolute atomic E-state index is 0.0632. The van der Waals surface area contributed by atoms with E-state index >= 15 is 0 Å². The van der Waals surface area contributed by atoms with Gasteiger partial charge in [-0.25, -0.2) is 9.78 Å². The number of anilines is 1. The minimum Gasteiger partial charge on any atom is -0.475 e. The molecule has 0 N–H and O–H groups in total. The second kappa shape index (κ2) is 6.75. The van der Waals surface area contributed by atoms with Crippen LogP contribution in [0.4, 0.5) is 5.69 Å². The Morgan fingerprint density at radius 2 is 2.04 bits per heavy atom. The molecule has 0 saturated heterocycles. The number of aromatic nitrogens is 2. The largest absolute Gasteiger partial charge is 0.475 e. The van der Waals surface area contributed by atoms with Crippen molar-refractivity contribution in [3.63, 3.8) is 0 Å². The van der Waals surface area contributed by atoms with E-state index < -0.39 is 23.5 Å². The third kappa shape index (κ3) is 2.75. The number of nitrogens with zero attached hydrogens (tertiary/aromatic N) is 3. The summed E-state index contributed by atoms with van der Waals surface area (Å²) in [6.07, 6.45) is 0.314. The molecule has 0 bridgehead atoms. The van der Waals surface area contributed by atoms with Gasteiger partial charge < -0.3 is 14.4 Å². The van der Waals surface area contributed by atoms with Crippen LogP contribution in [0.15, 0.2) is 35.3 Å². The van der Waals surface area contributed by atoms with Crippen molar-refractivity contribution in [3.8, 4) is 5.75 Å². The fourth-order valence-electron chi connectivity index (χ4n) is 3.15. The number of aryl methyl sites for hydroxylation is 2. The molecule has 0 spiro atoms. The maximum atomic E-state index is 13.3. The number of rotatable bonds is 2. The van der Waals surface area contributed by atoms with E-state index in [1.807, 2.05) is 13.8 Å². The number of carbonyl (C=O) groups excluding carboxylic acids is 2. The molecule has 1 atom stereocenters. The summed E-state index contributed by atoms with van der Waals surface area (Å²) in [7, 11) is 1.25. The normalized spacial score (nSPS) is 15.8. The summed E-state index contributed by atoms with van der Waals surface area (Å²) in [6, 6.07) is 6.85. The molecule has 3 aromatic rings. The average Bonchev–Trinajstić information content (AvgIpc) is 3.00. The van der Waals surface area contributed by atoms with Crippen molar-refractivity contribution in [2.45, 2.75) is 20.0 Å². The molecule has 28 heavy (non-hydrogen) atoms. The molecular formula is C19H17N3O5S. The summed E-state index contributed by atoms with van der Waals surface area (Å²) in [6.45, 7) is 3.65. The van der Waals surface area contributed by atoms with E-state index in [0.717, 1.165) is 10.6 Å². The highest BCUT2D eigenvalue weighted by molar-refractivity contribution is 7.17. The van der Waals surface area contributed by atoms with Crippen LogP contribution in [0.2, 0.25) is 0 Å². The standard InChI is InChI=1S/C19H17N3O5S/c1-10-11(2)28-19-20-8-12(17(24)22(10)19)16(23)21-9-15(18(25)26-3)27-14-7-5-4-6-13(14)21/h4-8,15H,9H2,1-3H3/t15-/m1/s1. The lowest BCUT2D eigenvalue weighted by molar-refractivity contribution is -0.148. The van der Waals surface area contributed by atoms with E-state index in [9.17, 15) is 14.4 Å². The number of amides is 1. The average molecular weight is 399 g/mol. The molecule has 1 aliphatic rings. The summed E-state index contributed by atoms with van der Waals surface area (Å²) >= 11 is 1.39. The highest BCUT2D eigenvalue weighted by Crippen LogP contribution is 2.34. The van der Waals surface area contributed by atoms with Crippen molar-refractivity contribution < 1.29 is 19.1 Å². The maximum Gasteiger partial charge on any atom is 0.348 e. The van der Waals surface area contributed by atoms with Gasteiger partial charge in [-0.2, -0.15) is 0 Å². The van der Waals surface area contributed by atoms with Gasteiger partial charge in [0.1, 0.15) is 11.3 Å². The zero-order valence-corrected chi connectivity index (χ0v) is 16.3. The van der Waals surface area contributed by atoms with Crippen molar-refractivity contribution in [2.75, 3.05) is 18.6 Å². The molecule has 0 saturated carbocycles. The third-order valence-corrected chi connectivity index (χ3v) is 5.80. The van der Waals surface area contributed by atoms with E-state index in [4.69, 9.17) is 9.47 Å². The van der Waals surface area contributed by atoms with E-state index in [0.29, 0.717) is 16.4 Å². The van der Waals surface area contributed by atoms with Crippen LogP contribution < -0.4 is 15.2 Å². The fraction of sp³-hybridized carbons (Fsp3) is 0.263. The topological polar surface area (TPSA) is 90.2 Å². The Morgan fingerprint density at radius 1 is 1.29 bits per heavy atom. The van der Waals surface area contributed by atoms with Gasteiger partial charge in [0.05, 0.1) is 19.3 Å². The molecule has 0 fully saturated rings. The van der Waals surface area contributed by atoms with Gasteiger partial charge in [0, 0.05) is 16.8 Å². The van der Waals surface area contributed by atoms with Crippen LogP contribution in [0.25, 0.3) is 4.96 Å². The Kier molecular flexibility index (Phi) is 4.38. The van der Waals surface area contributed by atoms with Gasteiger partial charge in [0.15, 0.2) is 4.96 Å². The van der Waals surface area contributed by atoms with Crippen LogP contribution in [-0.4, -0.2) is 41.0 Å². The van der Waals surface area contributed by atoms with Crippen molar-refractivity contribution in [2.24, 2.45) is 0 Å². The van der Waals surface area contributed by atoms with Gasteiger partial charge >= 0.3 is 5.97 Å². The van der Waals surface area contributed by atoms with E-state index in [1.165, 1.54) is 33.9 Å². The van der Waals surface area contributed by atoms with Crippen molar-refractivity contribution in [3.05, 3.63) is 57.0 Å². The molecule has 144 valence electrons. The van der Waals surface area contributed by atoms with Gasteiger partial charge in [0.2, 0.25) is 6.10 Å². The van der Waals surface area contributed by atoms with Gasteiger partial charge in [-0.15, -0.1) is 11.3 Å². The van der Waals surface area contributed by atoms with Crippen molar-refractivity contribution in [1.82, 2.24) is 9.38 Å². The maximum absolute atomic E-state index is 13.3. The van der Waals surface area contributed by atoms with Gasteiger partial charge in [-0.3, -0.25) is 14.0 Å². The summed E-state index contributed by atoms with van der Waals surface area (Å²) in [5.74, 6) is -0.768. The summed E-state index contributed by atoms with van der Waals surface area (Å²) in [4.78, 5) is 45.4. The van der Waals surface area contributed by atoms with Crippen molar-refractivity contribution in [1.29, 1.82) is 0 Å². The molecule has 0 radical (unpaired) electrons. The molecule has 0 unspecified atom stereocenters. The van der Waals surface area contributed by atoms with Crippen LogP contribution in [0.3, 0.4) is 0 Å². The van der Waals surface area contributed by atoms with Gasteiger partial charge in [0.25, 0.3) is 11.5 Å². The zero-order chi connectivity index (χ0) is 20.0. The Labute approximate surface area is 163 Å². The number of ether oxygens (including phenoxy) is 2. The highest BCUT2D eigenvalue weighted by atomic mass is 32.1. The monoisotopic (exact) mass is 399 g/mol. The summed E-state index contributed by atoms with van der Waals surface area (Å²) < 4.78 is 11.9. The first-order valence-electron chi connectivity index (χ1n) is 8.55. The number of benzene rings is 1. The quantitative estimate of drug-likeness (QED) is 0.612. The highest BCUT2D eigenvalue weighted by Gasteiger charge is 2.35. The molecule has 8 nitrogen and oxygen atoms in total. The van der Waals surface area contributed by atoms with Crippen LogP contribution in [0, 0.1) is 13.8 Å². The van der Waals surface area contributed by atoms with Crippen LogP contribution in [-0.2, 0) is 9.53 Å². The number of hydrogen-bond donors (Lipinski definition) is 0. The van der Waals surface area contributed by atoms with Crippen molar-refractivity contribution >= 4 is 33.9 Å². The molecular weight excluding hydrogens is 382 g/mol. The lowest BCUT2D eigenvalue weighted by Crippen LogP contribution is -2.48. The zero-order valence-electron chi connectivity index (χ0n) is 15.5. The smallest absolute Gasteiger partial charge is 0.348 e. The molecule has 1 amide bonds. The first kappa shape index (κ1) is 18.2. The number of hydrogen-bond acceptors (Lipinski definition) is 7. The Balaban J connectivity index is 1.82. The Hall–Kier alpha value is -3.20.